The smallest absolute Gasteiger partial charge is 0.124 e. The van der Waals surface area contributed by atoms with Gasteiger partial charge in [0, 0.05) is 24.0 Å². The van der Waals surface area contributed by atoms with Crippen molar-refractivity contribution in [3.63, 3.8) is 0 Å². The lowest BCUT2D eigenvalue weighted by Gasteiger charge is -2.09. The first-order valence-electron chi connectivity index (χ1n) is 7.04. The molecule has 1 aromatic rings. The van der Waals surface area contributed by atoms with Gasteiger partial charge < -0.3 is 10.4 Å². The lowest BCUT2D eigenvalue weighted by atomic mass is 10.2. The van der Waals surface area contributed by atoms with E-state index in [1.165, 1.54) is 17.7 Å². The fourth-order valence-corrected chi connectivity index (χ4v) is 3.02. The second kappa shape index (κ2) is 8.20. The zero-order chi connectivity index (χ0) is 15.1. The van der Waals surface area contributed by atoms with Gasteiger partial charge in [0.25, 0.3) is 0 Å². The summed E-state index contributed by atoms with van der Waals surface area (Å²) >= 11 is 7.02. The third kappa shape index (κ3) is 4.58. The number of hydrogen-bond donors (Lipinski definition) is 2. The summed E-state index contributed by atoms with van der Waals surface area (Å²) in [5, 5.41) is 13.1. The molecule has 0 saturated carbocycles. The van der Waals surface area contributed by atoms with Gasteiger partial charge in [-0.25, -0.2) is 0 Å². The molecule has 0 fully saturated rings. The van der Waals surface area contributed by atoms with E-state index in [9.17, 15) is 5.11 Å². The topological polar surface area (TPSA) is 44.6 Å². The maximum atomic E-state index is 9.63. The van der Waals surface area contributed by atoms with Crippen molar-refractivity contribution in [2.75, 3.05) is 19.3 Å². The summed E-state index contributed by atoms with van der Waals surface area (Å²) in [6.45, 7) is 1.47. The van der Waals surface area contributed by atoms with Crippen LogP contribution in [0.4, 0.5) is 0 Å². The van der Waals surface area contributed by atoms with Gasteiger partial charge in [0.2, 0.25) is 0 Å². The van der Waals surface area contributed by atoms with Gasteiger partial charge in [-0.15, -0.1) is 11.8 Å². The standard InChI is InChI=1S/C16H20N2OS2/c1-21-16(20)13-6-4-7-14(13)18-10-9-17-11-12-5-2-3-8-15(12)19/h2-3,5,8,11,18-19H,4,6-7,9-10H2,1H3. The van der Waals surface area contributed by atoms with E-state index in [-0.39, 0.29) is 5.75 Å². The predicted molar refractivity (Wildman–Crippen MR) is 95.6 cm³/mol. The van der Waals surface area contributed by atoms with Gasteiger partial charge in [-0.05, 0) is 43.2 Å². The third-order valence-corrected chi connectivity index (χ3v) is 4.76. The highest BCUT2D eigenvalue weighted by molar-refractivity contribution is 8.23. The predicted octanol–water partition coefficient (Wildman–Crippen LogP) is 3.53. The Hall–Kier alpha value is -1.33. The summed E-state index contributed by atoms with van der Waals surface area (Å²) in [5.41, 5.74) is 3.34. The summed E-state index contributed by atoms with van der Waals surface area (Å²) in [5.74, 6) is 0.264. The molecule has 0 heterocycles. The molecule has 112 valence electrons. The van der Waals surface area contributed by atoms with Gasteiger partial charge in [0.15, 0.2) is 0 Å². The monoisotopic (exact) mass is 320 g/mol. The number of nitrogens with one attached hydrogen (secondary N) is 1. The minimum Gasteiger partial charge on any atom is -0.507 e. The Morgan fingerprint density at radius 1 is 1.43 bits per heavy atom. The maximum absolute atomic E-state index is 9.63. The molecule has 0 amide bonds. The molecular formula is C16H20N2OS2. The molecule has 0 aliphatic heterocycles. The molecule has 0 spiro atoms. The summed E-state index contributed by atoms with van der Waals surface area (Å²) < 4.78 is 1.01. The molecule has 2 rings (SSSR count). The molecule has 0 radical (unpaired) electrons. The number of thiocarbonyl (C=S) groups is 1. The number of allylic oxidation sites excluding steroid dienone is 1. The van der Waals surface area contributed by atoms with Crippen LogP contribution < -0.4 is 5.32 Å². The summed E-state index contributed by atoms with van der Waals surface area (Å²) in [7, 11) is 0. The number of aromatic hydroxyl groups is 1. The van der Waals surface area contributed by atoms with E-state index in [4.69, 9.17) is 12.2 Å². The van der Waals surface area contributed by atoms with Crippen LogP contribution in [0.5, 0.6) is 5.75 Å². The maximum Gasteiger partial charge on any atom is 0.124 e. The molecule has 0 bridgehead atoms. The minimum atomic E-state index is 0.264. The first-order valence-corrected chi connectivity index (χ1v) is 8.67. The van der Waals surface area contributed by atoms with E-state index in [0.717, 1.165) is 29.1 Å². The van der Waals surface area contributed by atoms with Gasteiger partial charge in [-0.3, -0.25) is 4.99 Å². The van der Waals surface area contributed by atoms with Crippen LogP contribution >= 0.6 is 24.0 Å². The first-order chi connectivity index (χ1) is 10.2. The molecular weight excluding hydrogens is 300 g/mol. The SMILES string of the molecule is CSC(=S)C1=C(NCCN=Cc2ccccc2O)CCC1. The number of phenols is 1. The van der Waals surface area contributed by atoms with Crippen molar-refractivity contribution in [2.24, 2.45) is 4.99 Å². The Bertz CT molecular complexity index is 567. The van der Waals surface area contributed by atoms with Gasteiger partial charge in [-0.2, -0.15) is 0 Å². The first kappa shape index (κ1) is 16.0. The fourth-order valence-electron chi connectivity index (χ4n) is 2.32. The third-order valence-electron chi connectivity index (χ3n) is 3.40. The van der Waals surface area contributed by atoms with Crippen LogP contribution in [0, 0.1) is 0 Å². The number of aliphatic imine (C=N–C) groups is 1. The van der Waals surface area contributed by atoms with E-state index >= 15 is 0 Å². The van der Waals surface area contributed by atoms with Crippen molar-refractivity contribution in [1.29, 1.82) is 0 Å². The van der Waals surface area contributed by atoms with Crippen LogP contribution in [0.2, 0.25) is 0 Å². The quantitative estimate of drug-likeness (QED) is 0.478. The second-order valence-electron chi connectivity index (χ2n) is 4.82. The average Bonchev–Trinajstić information content (AvgIpc) is 2.96. The number of rotatable bonds is 6. The number of hydrogen-bond acceptors (Lipinski definition) is 5. The molecule has 0 saturated heterocycles. The van der Waals surface area contributed by atoms with Crippen molar-refractivity contribution in [2.45, 2.75) is 19.3 Å². The van der Waals surface area contributed by atoms with Crippen LogP contribution in [-0.2, 0) is 0 Å². The Morgan fingerprint density at radius 2 is 2.24 bits per heavy atom. The summed E-state index contributed by atoms with van der Waals surface area (Å²) in [6, 6.07) is 7.20. The number of thioether (sulfide) groups is 1. The minimum absolute atomic E-state index is 0.264. The molecule has 0 atom stereocenters. The normalized spacial score (nSPS) is 14.9. The molecule has 21 heavy (non-hydrogen) atoms. The summed E-state index contributed by atoms with van der Waals surface area (Å²) in [4.78, 5) is 4.35. The molecule has 1 aliphatic rings. The Morgan fingerprint density at radius 3 is 3.00 bits per heavy atom. The van der Waals surface area contributed by atoms with Crippen molar-refractivity contribution in [3.8, 4) is 5.75 Å². The Labute approximate surface area is 135 Å². The average molecular weight is 320 g/mol. The lowest BCUT2D eigenvalue weighted by molar-refractivity contribution is 0.474. The second-order valence-corrected chi connectivity index (χ2v) is 6.31. The van der Waals surface area contributed by atoms with Crippen LogP contribution in [0.3, 0.4) is 0 Å². The number of benzene rings is 1. The van der Waals surface area contributed by atoms with E-state index < -0.39 is 0 Å². The lowest BCUT2D eigenvalue weighted by Crippen LogP contribution is -2.18. The van der Waals surface area contributed by atoms with Crippen molar-refractivity contribution < 1.29 is 5.11 Å². The van der Waals surface area contributed by atoms with E-state index in [1.807, 2.05) is 18.4 Å². The van der Waals surface area contributed by atoms with Crippen LogP contribution in [-0.4, -0.2) is 34.9 Å². The van der Waals surface area contributed by atoms with E-state index in [0.29, 0.717) is 6.54 Å². The van der Waals surface area contributed by atoms with Gasteiger partial charge in [-0.1, -0.05) is 24.4 Å². The van der Waals surface area contributed by atoms with E-state index in [1.54, 1.807) is 30.1 Å². The molecule has 2 N–H and O–H groups in total. The number of nitrogens with zero attached hydrogens (tertiary/aromatic N) is 1. The highest BCUT2D eigenvalue weighted by atomic mass is 32.2. The highest BCUT2D eigenvalue weighted by Gasteiger charge is 2.16. The molecule has 1 aliphatic carbocycles. The molecule has 5 heteroatoms. The van der Waals surface area contributed by atoms with Crippen LogP contribution in [0.1, 0.15) is 24.8 Å². The van der Waals surface area contributed by atoms with Crippen molar-refractivity contribution >= 4 is 34.4 Å². The number of para-hydroxylation sites is 1. The van der Waals surface area contributed by atoms with Gasteiger partial charge >= 0.3 is 0 Å². The molecule has 0 unspecified atom stereocenters. The molecule has 3 nitrogen and oxygen atoms in total. The van der Waals surface area contributed by atoms with Crippen molar-refractivity contribution in [3.05, 3.63) is 41.1 Å². The zero-order valence-corrected chi connectivity index (χ0v) is 13.8. The fraction of sp³-hybridized carbons (Fsp3) is 0.375. The number of phenolic OH excluding ortho intramolecular Hbond substituents is 1. The van der Waals surface area contributed by atoms with Gasteiger partial charge in [0.1, 0.15) is 5.75 Å². The molecule has 1 aromatic carbocycles. The van der Waals surface area contributed by atoms with E-state index in [2.05, 4.69) is 10.3 Å². The van der Waals surface area contributed by atoms with Crippen LogP contribution in [0.25, 0.3) is 0 Å². The Balaban J connectivity index is 1.82. The van der Waals surface area contributed by atoms with Crippen molar-refractivity contribution in [1.82, 2.24) is 5.32 Å². The van der Waals surface area contributed by atoms with Crippen LogP contribution in [0.15, 0.2) is 40.5 Å². The van der Waals surface area contributed by atoms with Gasteiger partial charge in [0.05, 0.1) is 10.7 Å². The molecule has 0 aromatic heterocycles. The largest absolute Gasteiger partial charge is 0.507 e. The zero-order valence-electron chi connectivity index (χ0n) is 12.1. The highest BCUT2D eigenvalue weighted by Crippen LogP contribution is 2.28. The Kier molecular flexibility index (Phi) is 6.26. The summed E-state index contributed by atoms with van der Waals surface area (Å²) in [6.07, 6.45) is 7.09.